The van der Waals surface area contributed by atoms with Crippen molar-refractivity contribution in [1.82, 2.24) is 15.2 Å². The molecule has 0 aliphatic heterocycles. The van der Waals surface area contributed by atoms with Gasteiger partial charge in [0.05, 0.1) is 4.88 Å². The van der Waals surface area contributed by atoms with Crippen LogP contribution in [0, 0.1) is 0 Å². The molecule has 0 saturated heterocycles. The number of nitrogens with two attached hydrogens (primary N) is 1. The number of aromatic amines is 1. The van der Waals surface area contributed by atoms with Crippen LogP contribution in [0.5, 0.6) is 0 Å². The Kier molecular flexibility index (Phi) is 2.72. The van der Waals surface area contributed by atoms with E-state index in [1.165, 1.54) is 10.1 Å². The van der Waals surface area contributed by atoms with Crippen molar-refractivity contribution in [3.63, 3.8) is 0 Å². The maximum atomic E-state index is 5.97. The number of hydrogen-bond acceptors (Lipinski definition) is 4. The second-order valence-corrected chi connectivity index (χ2v) is 5.83. The fourth-order valence-electron chi connectivity index (χ4n) is 2.29. The van der Waals surface area contributed by atoms with E-state index < -0.39 is 0 Å². The maximum absolute atomic E-state index is 5.97. The number of rotatable bonds is 2. The third kappa shape index (κ3) is 2.08. The normalized spacial score (nSPS) is 11.0. The minimum Gasteiger partial charge on any atom is -0.398 e. The molecule has 0 amide bonds. The third-order valence-corrected chi connectivity index (χ3v) is 4.47. The molecule has 3 N–H and O–H groups in total. The van der Waals surface area contributed by atoms with E-state index in [2.05, 4.69) is 33.4 Å². The monoisotopic (exact) mass is 292 g/mol. The standard InChI is InChI=1S/C16H12N4S/c17-12-7-3-2-6-11(12)15-18-16(20-19-15)14-9-10-5-1-4-8-13(10)21-14/h1-9H,17H2,(H,18,19,20). The first kappa shape index (κ1) is 12.1. The van der Waals surface area contributed by atoms with Gasteiger partial charge in [-0.3, -0.25) is 5.10 Å². The van der Waals surface area contributed by atoms with E-state index in [1.807, 2.05) is 36.4 Å². The van der Waals surface area contributed by atoms with E-state index in [9.17, 15) is 0 Å². The van der Waals surface area contributed by atoms with Crippen LogP contribution in [0.25, 0.3) is 32.2 Å². The van der Waals surface area contributed by atoms with Crippen molar-refractivity contribution >= 4 is 27.1 Å². The lowest BCUT2D eigenvalue weighted by Gasteiger charge is -1.98. The highest BCUT2D eigenvalue weighted by molar-refractivity contribution is 7.22. The van der Waals surface area contributed by atoms with E-state index in [1.54, 1.807) is 11.3 Å². The minimum absolute atomic E-state index is 0.626. The predicted molar refractivity (Wildman–Crippen MR) is 87.1 cm³/mol. The Morgan fingerprint density at radius 2 is 1.81 bits per heavy atom. The zero-order valence-corrected chi connectivity index (χ0v) is 11.9. The molecule has 2 aromatic carbocycles. The SMILES string of the molecule is Nc1ccccc1-c1n[nH]c(-c2cc3ccccc3s2)n1. The second kappa shape index (κ2) is 4.71. The van der Waals surface area contributed by atoms with E-state index in [4.69, 9.17) is 5.73 Å². The summed E-state index contributed by atoms with van der Waals surface area (Å²) in [5, 5.41) is 8.50. The molecule has 5 heteroatoms. The van der Waals surface area contributed by atoms with Crippen molar-refractivity contribution in [3.8, 4) is 22.1 Å². The lowest BCUT2D eigenvalue weighted by Crippen LogP contribution is -1.90. The summed E-state index contributed by atoms with van der Waals surface area (Å²) < 4.78 is 1.24. The predicted octanol–water partition coefficient (Wildman–Crippen LogP) is 3.94. The third-order valence-electron chi connectivity index (χ3n) is 3.35. The van der Waals surface area contributed by atoms with Crippen molar-refractivity contribution in [1.29, 1.82) is 0 Å². The molecule has 0 unspecified atom stereocenters. The van der Waals surface area contributed by atoms with Gasteiger partial charge in [-0.05, 0) is 29.7 Å². The van der Waals surface area contributed by atoms with Crippen LogP contribution in [-0.4, -0.2) is 15.2 Å². The number of anilines is 1. The molecule has 2 heterocycles. The first-order valence-electron chi connectivity index (χ1n) is 6.57. The molecule has 0 spiro atoms. The highest BCUT2D eigenvalue weighted by atomic mass is 32.1. The lowest BCUT2D eigenvalue weighted by molar-refractivity contribution is 1.10. The van der Waals surface area contributed by atoms with Gasteiger partial charge in [-0.2, -0.15) is 5.10 Å². The largest absolute Gasteiger partial charge is 0.398 e. The lowest BCUT2D eigenvalue weighted by atomic mass is 10.2. The van der Waals surface area contributed by atoms with Gasteiger partial charge in [-0.15, -0.1) is 11.3 Å². The van der Waals surface area contributed by atoms with Crippen molar-refractivity contribution in [3.05, 3.63) is 54.6 Å². The first-order valence-corrected chi connectivity index (χ1v) is 7.39. The maximum Gasteiger partial charge on any atom is 0.183 e. The molecule has 0 saturated carbocycles. The fourth-order valence-corrected chi connectivity index (χ4v) is 3.29. The number of hydrogen-bond donors (Lipinski definition) is 2. The van der Waals surface area contributed by atoms with E-state index in [0.29, 0.717) is 11.5 Å². The Hall–Kier alpha value is -2.66. The van der Waals surface area contributed by atoms with Crippen LogP contribution in [0.15, 0.2) is 54.6 Å². The molecule has 21 heavy (non-hydrogen) atoms. The number of benzene rings is 2. The molecule has 0 fully saturated rings. The van der Waals surface area contributed by atoms with Gasteiger partial charge in [-0.1, -0.05) is 30.3 Å². The number of nitrogens with zero attached hydrogens (tertiary/aromatic N) is 2. The van der Waals surface area contributed by atoms with Gasteiger partial charge in [-0.25, -0.2) is 4.98 Å². The van der Waals surface area contributed by atoms with Crippen LogP contribution in [-0.2, 0) is 0 Å². The molecule has 102 valence electrons. The Labute approximate surface area is 125 Å². The summed E-state index contributed by atoms with van der Waals surface area (Å²) >= 11 is 1.70. The van der Waals surface area contributed by atoms with Crippen LogP contribution in [0.2, 0.25) is 0 Å². The van der Waals surface area contributed by atoms with Crippen molar-refractivity contribution in [2.75, 3.05) is 5.73 Å². The molecular weight excluding hydrogens is 280 g/mol. The van der Waals surface area contributed by atoms with E-state index in [0.717, 1.165) is 16.3 Å². The Morgan fingerprint density at radius 3 is 2.67 bits per heavy atom. The molecule has 0 aliphatic carbocycles. The van der Waals surface area contributed by atoms with Crippen LogP contribution >= 0.6 is 11.3 Å². The minimum atomic E-state index is 0.626. The molecule has 4 aromatic rings. The first-order chi connectivity index (χ1) is 10.3. The smallest absolute Gasteiger partial charge is 0.183 e. The van der Waals surface area contributed by atoms with Crippen LogP contribution in [0.4, 0.5) is 5.69 Å². The zero-order chi connectivity index (χ0) is 14.2. The Balaban J connectivity index is 1.79. The van der Waals surface area contributed by atoms with Gasteiger partial charge in [0.1, 0.15) is 0 Å². The molecule has 2 aromatic heterocycles. The van der Waals surface area contributed by atoms with Gasteiger partial charge in [0.2, 0.25) is 0 Å². The van der Waals surface area contributed by atoms with Gasteiger partial charge >= 0.3 is 0 Å². The van der Waals surface area contributed by atoms with Crippen LogP contribution < -0.4 is 5.73 Å². The molecule has 0 radical (unpaired) electrons. The van der Waals surface area contributed by atoms with Crippen LogP contribution in [0.1, 0.15) is 0 Å². The summed E-state index contributed by atoms with van der Waals surface area (Å²) in [4.78, 5) is 5.64. The number of nitrogen functional groups attached to an aromatic ring is 1. The summed E-state index contributed by atoms with van der Waals surface area (Å²) in [5.41, 5.74) is 7.50. The Morgan fingerprint density at radius 1 is 1.00 bits per heavy atom. The number of fused-ring (bicyclic) bond motifs is 1. The highest BCUT2D eigenvalue weighted by Crippen LogP contribution is 2.32. The van der Waals surface area contributed by atoms with E-state index in [-0.39, 0.29) is 0 Å². The summed E-state index contributed by atoms with van der Waals surface area (Å²) in [6, 6.07) is 18.0. The van der Waals surface area contributed by atoms with Crippen molar-refractivity contribution < 1.29 is 0 Å². The van der Waals surface area contributed by atoms with Gasteiger partial charge in [0.25, 0.3) is 0 Å². The second-order valence-electron chi connectivity index (χ2n) is 4.74. The number of para-hydroxylation sites is 1. The van der Waals surface area contributed by atoms with E-state index >= 15 is 0 Å². The van der Waals surface area contributed by atoms with Gasteiger partial charge in [0, 0.05) is 16.0 Å². The summed E-state index contributed by atoms with van der Waals surface area (Å²) in [5.74, 6) is 1.40. The average molecular weight is 292 g/mol. The molecule has 0 aliphatic rings. The quantitative estimate of drug-likeness (QED) is 0.550. The summed E-state index contributed by atoms with van der Waals surface area (Å²) in [6.07, 6.45) is 0. The average Bonchev–Trinajstić information content (AvgIpc) is 3.14. The van der Waals surface area contributed by atoms with Crippen molar-refractivity contribution in [2.24, 2.45) is 0 Å². The highest BCUT2D eigenvalue weighted by Gasteiger charge is 2.12. The summed E-state index contributed by atoms with van der Waals surface area (Å²) in [6.45, 7) is 0. The summed E-state index contributed by atoms with van der Waals surface area (Å²) in [7, 11) is 0. The number of aromatic nitrogens is 3. The topological polar surface area (TPSA) is 67.6 Å². The number of thiophene rings is 1. The Bertz CT molecular complexity index is 890. The molecule has 4 rings (SSSR count). The molecule has 0 atom stereocenters. The zero-order valence-electron chi connectivity index (χ0n) is 11.1. The number of nitrogens with one attached hydrogen (secondary N) is 1. The van der Waals surface area contributed by atoms with Crippen LogP contribution in [0.3, 0.4) is 0 Å². The number of H-pyrrole nitrogens is 1. The fraction of sp³-hybridized carbons (Fsp3) is 0. The molecule has 0 bridgehead atoms. The van der Waals surface area contributed by atoms with Crippen molar-refractivity contribution in [2.45, 2.75) is 0 Å². The van der Waals surface area contributed by atoms with Gasteiger partial charge < -0.3 is 5.73 Å². The molecule has 4 nitrogen and oxygen atoms in total. The van der Waals surface area contributed by atoms with Gasteiger partial charge in [0.15, 0.2) is 11.6 Å². The molecular formula is C16H12N4S.